The molecule has 0 atom stereocenters. The average molecular weight is 236 g/mol. The van der Waals surface area contributed by atoms with Gasteiger partial charge in [0.05, 0.1) is 18.8 Å². The molecule has 5 nitrogen and oxygen atoms in total. The molecular weight excluding hydrogens is 230 g/mol. The molecule has 16 heavy (non-hydrogen) atoms. The number of methoxy groups -OCH3 is 1. The third kappa shape index (κ3) is 1.49. The van der Waals surface area contributed by atoms with Gasteiger partial charge in [-0.2, -0.15) is 5.26 Å². The van der Waals surface area contributed by atoms with Gasteiger partial charge in [0, 0.05) is 5.39 Å². The maximum absolute atomic E-state index is 11.5. The van der Waals surface area contributed by atoms with Crippen LogP contribution in [-0.2, 0) is 0 Å². The predicted octanol–water partition coefficient (Wildman–Crippen LogP) is 1.46. The fourth-order valence-electron chi connectivity index (χ4n) is 1.45. The van der Waals surface area contributed by atoms with Gasteiger partial charge in [-0.25, -0.2) is 4.98 Å². The van der Waals surface area contributed by atoms with Crippen LogP contribution in [0.4, 0.5) is 0 Å². The molecule has 0 unspecified atom stereocenters. The van der Waals surface area contributed by atoms with E-state index in [0.29, 0.717) is 10.9 Å². The highest BCUT2D eigenvalue weighted by Gasteiger charge is 2.13. The van der Waals surface area contributed by atoms with Crippen molar-refractivity contribution in [3.8, 4) is 11.8 Å². The number of nitrogens with one attached hydrogen (secondary N) is 1. The quantitative estimate of drug-likeness (QED) is 0.759. The zero-order valence-corrected chi connectivity index (χ0v) is 9.00. The van der Waals surface area contributed by atoms with Crippen LogP contribution in [0.1, 0.15) is 5.56 Å². The summed E-state index contributed by atoms with van der Waals surface area (Å²) >= 11 is 5.74. The van der Waals surface area contributed by atoms with Crippen LogP contribution in [0.3, 0.4) is 0 Å². The van der Waals surface area contributed by atoms with Crippen LogP contribution in [0.5, 0.6) is 5.75 Å². The van der Waals surface area contributed by atoms with E-state index < -0.39 is 5.56 Å². The lowest BCUT2D eigenvalue weighted by molar-refractivity contribution is 0.417. The molecule has 0 saturated heterocycles. The molecule has 0 fully saturated rings. The standard InChI is InChI=1S/C10H6ClN3O2/c1-16-9-5-2-8(11)13-4-7(5)14-10(15)6(9)3-12/h2,4H,1H3,(H,14,15). The number of rotatable bonds is 1. The Hall–Kier alpha value is -2.06. The molecule has 0 amide bonds. The molecule has 1 N–H and O–H groups in total. The number of ether oxygens (including phenoxy) is 1. The first-order valence-corrected chi connectivity index (χ1v) is 4.70. The molecular formula is C10H6ClN3O2. The van der Waals surface area contributed by atoms with E-state index in [0.717, 1.165) is 0 Å². The van der Waals surface area contributed by atoms with Crippen molar-refractivity contribution in [3.63, 3.8) is 0 Å². The highest BCUT2D eigenvalue weighted by atomic mass is 35.5. The third-order valence-corrected chi connectivity index (χ3v) is 2.34. The largest absolute Gasteiger partial charge is 0.494 e. The number of halogens is 1. The van der Waals surface area contributed by atoms with Crippen molar-refractivity contribution >= 4 is 22.5 Å². The molecule has 6 heteroatoms. The van der Waals surface area contributed by atoms with Crippen LogP contribution in [0, 0.1) is 11.3 Å². The number of H-pyrrole nitrogens is 1. The summed E-state index contributed by atoms with van der Waals surface area (Å²) in [4.78, 5) is 17.9. The second-order valence-corrected chi connectivity index (χ2v) is 3.41. The number of pyridine rings is 2. The molecule has 80 valence electrons. The van der Waals surface area contributed by atoms with Gasteiger partial charge in [-0.3, -0.25) is 4.79 Å². The van der Waals surface area contributed by atoms with E-state index in [1.54, 1.807) is 6.07 Å². The van der Waals surface area contributed by atoms with Crippen LogP contribution in [0.25, 0.3) is 10.9 Å². The second kappa shape index (κ2) is 3.83. The van der Waals surface area contributed by atoms with Crippen LogP contribution in [-0.4, -0.2) is 17.1 Å². The smallest absolute Gasteiger partial charge is 0.270 e. The van der Waals surface area contributed by atoms with Gasteiger partial charge in [-0.1, -0.05) is 11.6 Å². The third-order valence-electron chi connectivity index (χ3n) is 2.13. The highest BCUT2D eigenvalue weighted by Crippen LogP contribution is 2.26. The van der Waals surface area contributed by atoms with E-state index >= 15 is 0 Å². The van der Waals surface area contributed by atoms with E-state index in [2.05, 4.69) is 9.97 Å². The number of fused-ring (bicyclic) bond motifs is 1. The minimum absolute atomic E-state index is 0.0720. The second-order valence-electron chi connectivity index (χ2n) is 3.03. The summed E-state index contributed by atoms with van der Waals surface area (Å²) in [6, 6.07) is 3.33. The van der Waals surface area contributed by atoms with Crippen molar-refractivity contribution in [2.75, 3.05) is 7.11 Å². The molecule has 2 aromatic rings. The fourth-order valence-corrected chi connectivity index (χ4v) is 1.61. The molecule has 2 rings (SSSR count). The van der Waals surface area contributed by atoms with Crippen molar-refractivity contribution in [2.45, 2.75) is 0 Å². The van der Waals surface area contributed by atoms with Gasteiger partial charge in [0.15, 0.2) is 11.3 Å². The lowest BCUT2D eigenvalue weighted by atomic mass is 10.2. The SMILES string of the molecule is COc1c(C#N)c(=O)[nH]c2cnc(Cl)cc12. The van der Waals surface area contributed by atoms with Gasteiger partial charge in [-0.05, 0) is 6.07 Å². The van der Waals surface area contributed by atoms with Crippen LogP contribution in [0.15, 0.2) is 17.1 Å². The van der Waals surface area contributed by atoms with Crippen molar-refractivity contribution in [3.05, 3.63) is 33.3 Å². The van der Waals surface area contributed by atoms with Crippen LogP contribution in [0.2, 0.25) is 5.15 Å². The summed E-state index contributed by atoms with van der Waals surface area (Å²) in [5.74, 6) is 0.213. The molecule has 0 aliphatic heterocycles. The Morgan fingerprint density at radius 1 is 1.62 bits per heavy atom. The maximum atomic E-state index is 11.5. The first-order valence-electron chi connectivity index (χ1n) is 4.33. The molecule has 0 saturated carbocycles. The highest BCUT2D eigenvalue weighted by molar-refractivity contribution is 6.30. The molecule has 0 spiro atoms. The number of aromatic amines is 1. The fraction of sp³-hybridized carbons (Fsp3) is 0.100. The zero-order valence-electron chi connectivity index (χ0n) is 8.24. The monoisotopic (exact) mass is 235 g/mol. The first kappa shape index (κ1) is 10.5. The maximum Gasteiger partial charge on any atom is 0.270 e. The molecule has 0 bridgehead atoms. The Bertz CT molecular complexity index is 657. The molecule has 2 aromatic heterocycles. The molecule has 0 aliphatic carbocycles. The lowest BCUT2D eigenvalue weighted by Crippen LogP contribution is -2.12. The van der Waals surface area contributed by atoms with E-state index in [9.17, 15) is 4.79 Å². The van der Waals surface area contributed by atoms with Gasteiger partial charge < -0.3 is 9.72 Å². The summed E-state index contributed by atoms with van der Waals surface area (Å²) in [6.07, 6.45) is 1.42. The minimum atomic E-state index is -0.504. The van der Waals surface area contributed by atoms with Crippen molar-refractivity contribution in [1.29, 1.82) is 5.26 Å². The van der Waals surface area contributed by atoms with Gasteiger partial charge in [0.1, 0.15) is 11.2 Å². The number of hydrogen-bond acceptors (Lipinski definition) is 4. The first-order chi connectivity index (χ1) is 7.67. The topological polar surface area (TPSA) is 78.8 Å². The Morgan fingerprint density at radius 2 is 2.38 bits per heavy atom. The summed E-state index contributed by atoms with van der Waals surface area (Å²) in [6.45, 7) is 0. The number of nitrogens with zero attached hydrogens (tertiary/aromatic N) is 2. The summed E-state index contributed by atoms with van der Waals surface area (Å²) < 4.78 is 5.06. The Kier molecular flexibility index (Phi) is 2.50. The summed E-state index contributed by atoms with van der Waals surface area (Å²) in [7, 11) is 1.39. The Balaban J connectivity index is 2.99. The summed E-state index contributed by atoms with van der Waals surface area (Å²) in [5.41, 5.74) is -0.0986. The number of hydrogen-bond donors (Lipinski definition) is 1. The van der Waals surface area contributed by atoms with E-state index in [1.807, 2.05) is 0 Å². The average Bonchev–Trinajstić information content (AvgIpc) is 2.28. The summed E-state index contributed by atoms with van der Waals surface area (Å²) in [5, 5.41) is 9.68. The Labute approximate surface area is 95.3 Å². The normalized spacial score (nSPS) is 10.1. The Morgan fingerprint density at radius 3 is 3.00 bits per heavy atom. The molecule has 0 radical (unpaired) electrons. The minimum Gasteiger partial charge on any atom is -0.494 e. The van der Waals surface area contributed by atoms with Gasteiger partial charge >= 0.3 is 0 Å². The van der Waals surface area contributed by atoms with Gasteiger partial charge in [0.2, 0.25) is 0 Å². The van der Waals surface area contributed by atoms with E-state index in [1.165, 1.54) is 19.4 Å². The predicted molar refractivity (Wildman–Crippen MR) is 58.6 cm³/mol. The van der Waals surface area contributed by atoms with Crippen molar-refractivity contribution in [2.24, 2.45) is 0 Å². The zero-order chi connectivity index (χ0) is 11.7. The van der Waals surface area contributed by atoms with Crippen LogP contribution >= 0.6 is 11.6 Å². The lowest BCUT2D eigenvalue weighted by Gasteiger charge is -2.06. The van der Waals surface area contributed by atoms with Gasteiger partial charge in [0.25, 0.3) is 5.56 Å². The van der Waals surface area contributed by atoms with Crippen LogP contribution < -0.4 is 10.3 Å². The van der Waals surface area contributed by atoms with E-state index in [4.69, 9.17) is 21.6 Å². The number of aromatic nitrogens is 2. The molecule has 2 heterocycles. The van der Waals surface area contributed by atoms with Crippen molar-refractivity contribution in [1.82, 2.24) is 9.97 Å². The van der Waals surface area contributed by atoms with Gasteiger partial charge in [-0.15, -0.1) is 0 Å². The van der Waals surface area contributed by atoms with E-state index in [-0.39, 0.29) is 16.5 Å². The number of nitriles is 1. The van der Waals surface area contributed by atoms with Crippen molar-refractivity contribution < 1.29 is 4.74 Å². The molecule has 0 aromatic carbocycles. The molecule has 0 aliphatic rings.